The lowest BCUT2D eigenvalue weighted by Crippen LogP contribution is -2.14. The van der Waals surface area contributed by atoms with Gasteiger partial charge in [0.15, 0.2) is 5.65 Å². The Kier molecular flexibility index (Phi) is 4.20. The fraction of sp³-hybridized carbons (Fsp3) is 0.250. The van der Waals surface area contributed by atoms with Gasteiger partial charge in [-0.05, 0) is 31.0 Å². The summed E-state index contributed by atoms with van der Waals surface area (Å²) in [6, 6.07) is 2.94. The van der Waals surface area contributed by atoms with Gasteiger partial charge in [0.25, 0.3) is 12.3 Å². The zero-order chi connectivity index (χ0) is 17.3. The van der Waals surface area contributed by atoms with Gasteiger partial charge in [0.2, 0.25) is 0 Å². The highest BCUT2D eigenvalue weighted by molar-refractivity contribution is 6.08. The Morgan fingerprint density at radius 1 is 1.38 bits per heavy atom. The molecule has 0 fully saturated rings. The van der Waals surface area contributed by atoms with Crippen LogP contribution >= 0.6 is 0 Å². The van der Waals surface area contributed by atoms with Crippen molar-refractivity contribution in [1.29, 1.82) is 0 Å². The van der Waals surface area contributed by atoms with E-state index in [1.165, 1.54) is 12.3 Å². The molecule has 0 aliphatic rings. The molecule has 1 amide bonds. The van der Waals surface area contributed by atoms with Crippen LogP contribution in [0.25, 0.3) is 5.65 Å². The number of amides is 1. The minimum absolute atomic E-state index is 0.106. The van der Waals surface area contributed by atoms with Crippen molar-refractivity contribution in [3.63, 3.8) is 0 Å². The fourth-order valence-electron chi connectivity index (χ4n) is 2.45. The van der Waals surface area contributed by atoms with Crippen LogP contribution in [0.4, 0.5) is 14.5 Å². The van der Waals surface area contributed by atoms with Gasteiger partial charge in [-0.3, -0.25) is 9.78 Å². The van der Waals surface area contributed by atoms with Crippen LogP contribution in [0.3, 0.4) is 0 Å². The molecule has 0 aromatic carbocycles. The Bertz CT molecular complexity index is 907. The van der Waals surface area contributed by atoms with Crippen LogP contribution in [0.5, 0.6) is 0 Å². The molecule has 1 N–H and O–H groups in total. The highest BCUT2D eigenvalue weighted by Crippen LogP contribution is 2.22. The molecule has 3 rings (SSSR count). The van der Waals surface area contributed by atoms with Gasteiger partial charge in [0.1, 0.15) is 11.3 Å². The summed E-state index contributed by atoms with van der Waals surface area (Å²) in [5.74, 6) is -0.454. The minimum Gasteiger partial charge on any atom is -0.321 e. The highest BCUT2D eigenvalue weighted by atomic mass is 19.3. The number of rotatable bonds is 4. The molecule has 6 nitrogen and oxygen atoms in total. The van der Waals surface area contributed by atoms with E-state index in [9.17, 15) is 13.6 Å². The smallest absolute Gasteiger partial charge is 0.280 e. The molecular weight excluding hydrogens is 316 g/mol. The SMILES string of the molecule is CCc1cnccc1NC(=O)c1cnn2c(C(F)F)cc(C)nc12. The highest BCUT2D eigenvalue weighted by Gasteiger charge is 2.20. The lowest BCUT2D eigenvalue weighted by atomic mass is 10.2. The molecule has 24 heavy (non-hydrogen) atoms. The van der Waals surface area contributed by atoms with Crippen molar-refractivity contribution in [2.24, 2.45) is 0 Å². The molecule has 0 unspecified atom stereocenters. The average Bonchev–Trinajstić information content (AvgIpc) is 2.98. The Hall–Kier alpha value is -2.90. The van der Waals surface area contributed by atoms with Crippen LogP contribution in [0, 0.1) is 6.92 Å². The summed E-state index contributed by atoms with van der Waals surface area (Å²) in [4.78, 5) is 20.7. The number of hydrogen-bond donors (Lipinski definition) is 1. The number of pyridine rings is 1. The average molecular weight is 331 g/mol. The first kappa shape index (κ1) is 16.0. The molecule has 0 aliphatic carbocycles. The van der Waals surface area contributed by atoms with Gasteiger partial charge in [0, 0.05) is 23.8 Å². The van der Waals surface area contributed by atoms with Gasteiger partial charge in [-0.2, -0.15) is 5.10 Å². The van der Waals surface area contributed by atoms with E-state index in [1.807, 2.05) is 6.92 Å². The molecule has 0 bridgehead atoms. The van der Waals surface area contributed by atoms with Gasteiger partial charge in [-0.25, -0.2) is 18.3 Å². The van der Waals surface area contributed by atoms with Crippen molar-refractivity contribution in [2.75, 3.05) is 5.32 Å². The van der Waals surface area contributed by atoms with Gasteiger partial charge < -0.3 is 5.32 Å². The molecule has 8 heteroatoms. The summed E-state index contributed by atoms with van der Waals surface area (Å²) < 4.78 is 27.3. The number of anilines is 1. The van der Waals surface area contributed by atoms with E-state index >= 15 is 0 Å². The number of halogens is 2. The second-order valence-electron chi connectivity index (χ2n) is 5.26. The van der Waals surface area contributed by atoms with Crippen LogP contribution in [-0.4, -0.2) is 25.5 Å². The molecule has 3 heterocycles. The maximum absolute atomic E-state index is 13.1. The van der Waals surface area contributed by atoms with E-state index < -0.39 is 12.3 Å². The molecular formula is C16H15F2N5O. The van der Waals surface area contributed by atoms with E-state index in [0.29, 0.717) is 17.8 Å². The maximum Gasteiger partial charge on any atom is 0.280 e. The predicted molar refractivity (Wildman–Crippen MR) is 84.2 cm³/mol. The summed E-state index contributed by atoms with van der Waals surface area (Å²) in [5, 5.41) is 6.65. The number of aromatic nitrogens is 4. The third-order valence-electron chi connectivity index (χ3n) is 3.63. The quantitative estimate of drug-likeness (QED) is 0.797. The summed E-state index contributed by atoms with van der Waals surface area (Å²) in [7, 11) is 0. The first-order valence-electron chi connectivity index (χ1n) is 7.39. The molecule has 0 saturated heterocycles. The maximum atomic E-state index is 13.1. The Balaban J connectivity index is 2.02. The van der Waals surface area contributed by atoms with Crippen molar-refractivity contribution in [3.8, 4) is 0 Å². The molecule has 0 radical (unpaired) electrons. The van der Waals surface area contributed by atoms with Crippen LogP contribution in [0.2, 0.25) is 0 Å². The molecule has 0 spiro atoms. The predicted octanol–water partition coefficient (Wildman–Crippen LogP) is 3.19. The van der Waals surface area contributed by atoms with Gasteiger partial charge in [0.05, 0.1) is 6.20 Å². The van der Waals surface area contributed by atoms with Crippen molar-refractivity contribution in [3.05, 3.63) is 53.2 Å². The van der Waals surface area contributed by atoms with Crippen LogP contribution in [0.15, 0.2) is 30.7 Å². The molecule has 3 aromatic rings. The molecule has 3 aromatic heterocycles. The fourth-order valence-corrected chi connectivity index (χ4v) is 2.45. The second-order valence-corrected chi connectivity index (χ2v) is 5.26. The molecule has 0 atom stereocenters. The first-order valence-corrected chi connectivity index (χ1v) is 7.39. The monoisotopic (exact) mass is 331 g/mol. The Morgan fingerprint density at radius 2 is 2.17 bits per heavy atom. The summed E-state index contributed by atoms with van der Waals surface area (Å²) >= 11 is 0. The van der Waals surface area contributed by atoms with Crippen molar-refractivity contribution in [2.45, 2.75) is 26.7 Å². The standard InChI is InChI=1S/C16H15F2N5O/c1-3-10-7-19-5-4-12(10)22-16(24)11-8-20-23-13(14(17)18)6-9(2)21-15(11)23/h4-8,14H,3H2,1-2H3,(H,19,22,24). The van der Waals surface area contributed by atoms with Crippen LogP contribution in [-0.2, 0) is 6.42 Å². The van der Waals surface area contributed by atoms with E-state index in [4.69, 9.17) is 0 Å². The first-order chi connectivity index (χ1) is 11.5. The van der Waals surface area contributed by atoms with Gasteiger partial charge in [-0.15, -0.1) is 0 Å². The number of fused-ring (bicyclic) bond motifs is 1. The second kappa shape index (κ2) is 6.31. The van der Waals surface area contributed by atoms with E-state index in [1.54, 1.807) is 25.4 Å². The summed E-state index contributed by atoms with van der Waals surface area (Å²) in [6.07, 6.45) is 2.48. The summed E-state index contributed by atoms with van der Waals surface area (Å²) in [5.41, 5.74) is 1.84. The third-order valence-corrected chi connectivity index (χ3v) is 3.63. The topological polar surface area (TPSA) is 72.2 Å². The third kappa shape index (κ3) is 2.82. The number of carbonyl (C=O) groups is 1. The van der Waals surface area contributed by atoms with E-state index in [2.05, 4.69) is 20.4 Å². The van der Waals surface area contributed by atoms with E-state index in [0.717, 1.165) is 10.1 Å². The zero-order valence-electron chi connectivity index (χ0n) is 13.1. The summed E-state index contributed by atoms with van der Waals surface area (Å²) in [6.45, 7) is 3.54. The van der Waals surface area contributed by atoms with Crippen molar-refractivity contribution in [1.82, 2.24) is 19.6 Å². The molecule has 0 aliphatic heterocycles. The molecule has 124 valence electrons. The lowest BCUT2D eigenvalue weighted by molar-refractivity contribution is 0.102. The Morgan fingerprint density at radius 3 is 2.88 bits per heavy atom. The van der Waals surface area contributed by atoms with Crippen LogP contribution in [0.1, 0.15) is 40.7 Å². The van der Waals surface area contributed by atoms with E-state index in [-0.39, 0.29) is 16.9 Å². The van der Waals surface area contributed by atoms with Crippen molar-refractivity contribution >= 4 is 17.2 Å². The van der Waals surface area contributed by atoms with Crippen molar-refractivity contribution < 1.29 is 13.6 Å². The van der Waals surface area contributed by atoms with Gasteiger partial charge >= 0.3 is 0 Å². The Labute approximate surface area is 136 Å². The number of carbonyl (C=O) groups excluding carboxylic acids is 1. The van der Waals surface area contributed by atoms with Crippen LogP contribution < -0.4 is 5.32 Å². The number of hydrogen-bond acceptors (Lipinski definition) is 4. The minimum atomic E-state index is -2.71. The molecule has 0 saturated carbocycles. The normalized spacial score (nSPS) is 11.2. The number of aryl methyl sites for hydroxylation is 2. The number of nitrogens with zero attached hydrogens (tertiary/aromatic N) is 4. The zero-order valence-corrected chi connectivity index (χ0v) is 13.1. The number of alkyl halides is 2. The van der Waals surface area contributed by atoms with Gasteiger partial charge in [-0.1, -0.05) is 6.92 Å². The largest absolute Gasteiger partial charge is 0.321 e. The lowest BCUT2D eigenvalue weighted by Gasteiger charge is -2.09. The number of nitrogens with one attached hydrogen (secondary N) is 1.